The quantitative estimate of drug-likeness (QED) is 0.611. The monoisotopic (exact) mass is 350 g/mol. The van der Waals surface area contributed by atoms with Gasteiger partial charge < -0.3 is 15.2 Å². The molecule has 6 heteroatoms. The van der Waals surface area contributed by atoms with Crippen LogP contribution in [0.2, 0.25) is 0 Å². The van der Waals surface area contributed by atoms with E-state index in [1.54, 1.807) is 18.2 Å². The number of carboxylic acids is 1. The zero-order valence-corrected chi connectivity index (χ0v) is 14.4. The first-order valence-electron chi connectivity index (χ1n) is 7.93. The van der Waals surface area contributed by atoms with Crippen LogP contribution >= 0.6 is 0 Å². The van der Waals surface area contributed by atoms with Crippen molar-refractivity contribution in [1.29, 1.82) is 5.26 Å². The third kappa shape index (κ3) is 4.95. The molecule has 2 rings (SSSR count). The Hall–Kier alpha value is -3.59. The van der Waals surface area contributed by atoms with Crippen molar-refractivity contribution >= 4 is 23.6 Å². The van der Waals surface area contributed by atoms with Crippen LogP contribution in [0.15, 0.2) is 54.1 Å². The normalized spacial score (nSPS) is 10.9. The molecule has 132 valence electrons. The smallest absolute Gasteiger partial charge is 0.335 e. The summed E-state index contributed by atoms with van der Waals surface area (Å²) in [4.78, 5) is 23.2. The van der Waals surface area contributed by atoms with Crippen molar-refractivity contribution in [3.05, 3.63) is 65.2 Å². The van der Waals surface area contributed by atoms with Crippen LogP contribution in [0.5, 0.6) is 5.75 Å². The van der Waals surface area contributed by atoms with Gasteiger partial charge in [0.05, 0.1) is 11.7 Å². The topological polar surface area (TPSA) is 99.4 Å². The van der Waals surface area contributed by atoms with Crippen LogP contribution in [0.25, 0.3) is 6.08 Å². The SMILES string of the molecule is CC(C)Oc1ccccc1C=C(C#N)C(=O)Nc1ccc(C(=O)O)cc1. The van der Waals surface area contributed by atoms with Crippen molar-refractivity contribution in [3.63, 3.8) is 0 Å². The number of hydrogen-bond donors (Lipinski definition) is 2. The standard InChI is InChI=1S/C20H18N2O4/c1-13(2)26-18-6-4-3-5-15(18)11-16(12-21)19(23)22-17-9-7-14(8-10-17)20(24)25/h3-11,13H,1-2H3,(H,22,23)(H,24,25). The minimum Gasteiger partial charge on any atom is -0.490 e. The van der Waals surface area contributed by atoms with Crippen molar-refractivity contribution in [2.24, 2.45) is 0 Å². The van der Waals surface area contributed by atoms with Crippen molar-refractivity contribution < 1.29 is 19.4 Å². The Morgan fingerprint density at radius 3 is 2.38 bits per heavy atom. The Bertz CT molecular complexity index is 877. The highest BCUT2D eigenvalue weighted by Gasteiger charge is 2.12. The number of carbonyl (C=O) groups is 2. The summed E-state index contributed by atoms with van der Waals surface area (Å²) in [5.74, 6) is -1.06. The summed E-state index contributed by atoms with van der Waals surface area (Å²) in [6, 6.07) is 14.7. The average Bonchev–Trinajstić information content (AvgIpc) is 2.60. The maximum absolute atomic E-state index is 12.3. The highest BCUT2D eigenvalue weighted by molar-refractivity contribution is 6.10. The summed E-state index contributed by atoms with van der Waals surface area (Å²) in [6.07, 6.45) is 1.41. The van der Waals surface area contributed by atoms with Gasteiger partial charge in [0.2, 0.25) is 0 Å². The first-order chi connectivity index (χ1) is 12.4. The largest absolute Gasteiger partial charge is 0.490 e. The lowest BCUT2D eigenvalue weighted by molar-refractivity contribution is -0.112. The fourth-order valence-electron chi connectivity index (χ4n) is 2.16. The molecule has 2 N–H and O–H groups in total. The van der Waals surface area contributed by atoms with E-state index in [-0.39, 0.29) is 17.2 Å². The van der Waals surface area contributed by atoms with E-state index in [9.17, 15) is 14.9 Å². The Labute approximate surface area is 151 Å². The zero-order valence-electron chi connectivity index (χ0n) is 14.4. The number of nitrogens with one attached hydrogen (secondary N) is 1. The number of aromatic carboxylic acids is 1. The van der Waals surface area contributed by atoms with Crippen LogP contribution < -0.4 is 10.1 Å². The number of para-hydroxylation sites is 1. The molecular weight excluding hydrogens is 332 g/mol. The summed E-state index contributed by atoms with van der Waals surface area (Å²) in [7, 11) is 0. The zero-order chi connectivity index (χ0) is 19.1. The number of carbonyl (C=O) groups excluding carboxylic acids is 1. The van der Waals surface area contributed by atoms with Crippen LogP contribution in [-0.4, -0.2) is 23.1 Å². The number of anilines is 1. The van der Waals surface area contributed by atoms with E-state index in [1.807, 2.05) is 26.0 Å². The molecule has 0 aliphatic rings. The van der Waals surface area contributed by atoms with E-state index < -0.39 is 11.9 Å². The molecule has 26 heavy (non-hydrogen) atoms. The minimum absolute atomic E-state index is 0.0448. The molecule has 1 amide bonds. The lowest BCUT2D eigenvalue weighted by Crippen LogP contribution is -2.14. The van der Waals surface area contributed by atoms with Crippen molar-refractivity contribution in [2.75, 3.05) is 5.32 Å². The molecule has 0 fully saturated rings. The fraction of sp³-hybridized carbons (Fsp3) is 0.150. The number of rotatable bonds is 6. The maximum atomic E-state index is 12.3. The Balaban J connectivity index is 2.22. The van der Waals surface area contributed by atoms with Gasteiger partial charge in [0.15, 0.2) is 0 Å². The maximum Gasteiger partial charge on any atom is 0.335 e. The molecule has 0 heterocycles. The van der Waals surface area contributed by atoms with Gasteiger partial charge in [-0.3, -0.25) is 4.79 Å². The molecule has 6 nitrogen and oxygen atoms in total. The van der Waals surface area contributed by atoms with Gasteiger partial charge in [-0.2, -0.15) is 5.26 Å². The van der Waals surface area contributed by atoms with E-state index in [0.717, 1.165) is 0 Å². The predicted octanol–water partition coefficient (Wildman–Crippen LogP) is 3.72. The van der Waals surface area contributed by atoms with Crippen LogP contribution in [0, 0.1) is 11.3 Å². The highest BCUT2D eigenvalue weighted by atomic mass is 16.5. The third-order valence-electron chi connectivity index (χ3n) is 3.34. The number of ether oxygens (including phenoxy) is 1. The van der Waals surface area contributed by atoms with Gasteiger partial charge in [0, 0.05) is 11.3 Å². The van der Waals surface area contributed by atoms with Crippen molar-refractivity contribution in [3.8, 4) is 11.8 Å². The second-order valence-corrected chi connectivity index (χ2v) is 5.71. The molecule has 0 spiro atoms. The van der Waals surface area contributed by atoms with Crippen LogP contribution in [-0.2, 0) is 4.79 Å². The van der Waals surface area contributed by atoms with Gasteiger partial charge >= 0.3 is 5.97 Å². The average molecular weight is 350 g/mol. The van der Waals surface area contributed by atoms with E-state index in [4.69, 9.17) is 9.84 Å². The first kappa shape index (κ1) is 18.7. The van der Waals surface area contributed by atoms with Gasteiger partial charge in [-0.05, 0) is 50.3 Å². The van der Waals surface area contributed by atoms with Crippen LogP contribution in [0.4, 0.5) is 5.69 Å². The van der Waals surface area contributed by atoms with Crippen LogP contribution in [0.3, 0.4) is 0 Å². The molecule has 0 aliphatic heterocycles. The second kappa shape index (κ2) is 8.49. The Kier molecular flexibility index (Phi) is 6.12. The Morgan fingerprint density at radius 1 is 1.15 bits per heavy atom. The molecule has 0 saturated carbocycles. The predicted molar refractivity (Wildman–Crippen MR) is 97.8 cm³/mol. The molecule has 2 aromatic rings. The van der Waals surface area contributed by atoms with Crippen molar-refractivity contribution in [1.82, 2.24) is 0 Å². The summed E-state index contributed by atoms with van der Waals surface area (Å²) in [5, 5.41) is 20.8. The number of benzene rings is 2. The summed E-state index contributed by atoms with van der Waals surface area (Å²) in [5.41, 5.74) is 1.04. The molecule has 0 radical (unpaired) electrons. The van der Waals surface area contributed by atoms with E-state index in [2.05, 4.69) is 5.32 Å². The summed E-state index contributed by atoms with van der Waals surface area (Å²) in [6.45, 7) is 3.78. The number of hydrogen-bond acceptors (Lipinski definition) is 4. The van der Waals surface area contributed by atoms with Crippen LogP contribution in [0.1, 0.15) is 29.8 Å². The molecule has 0 saturated heterocycles. The molecular formula is C20H18N2O4. The van der Waals surface area contributed by atoms with Gasteiger partial charge in [-0.15, -0.1) is 0 Å². The van der Waals surface area contributed by atoms with Crippen molar-refractivity contribution in [2.45, 2.75) is 20.0 Å². The van der Waals surface area contributed by atoms with Gasteiger partial charge in [-0.25, -0.2) is 4.79 Å². The van der Waals surface area contributed by atoms with Gasteiger partial charge in [0.25, 0.3) is 5.91 Å². The Morgan fingerprint density at radius 2 is 1.81 bits per heavy atom. The molecule has 0 aromatic heterocycles. The lowest BCUT2D eigenvalue weighted by Gasteiger charge is -2.12. The fourth-order valence-corrected chi connectivity index (χ4v) is 2.16. The molecule has 0 aliphatic carbocycles. The number of nitrogens with zero attached hydrogens (tertiary/aromatic N) is 1. The van der Waals surface area contributed by atoms with Gasteiger partial charge in [0.1, 0.15) is 17.4 Å². The highest BCUT2D eigenvalue weighted by Crippen LogP contribution is 2.22. The number of carboxylic acid groups (broad SMARTS) is 1. The van der Waals surface area contributed by atoms with E-state index in [0.29, 0.717) is 17.0 Å². The molecule has 0 bridgehead atoms. The summed E-state index contributed by atoms with van der Waals surface area (Å²) >= 11 is 0. The second-order valence-electron chi connectivity index (χ2n) is 5.71. The molecule has 0 atom stereocenters. The molecule has 2 aromatic carbocycles. The minimum atomic E-state index is -1.05. The van der Waals surface area contributed by atoms with E-state index in [1.165, 1.54) is 30.3 Å². The summed E-state index contributed by atoms with van der Waals surface area (Å²) < 4.78 is 5.68. The number of amides is 1. The lowest BCUT2D eigenvalue weighted by atomic mass is 10.1. The number of nitriles is 1. The van der Waals surface area contributed by atoms with E-state index >= 15 is 0 Å². The first-order valence-corrected chi connectivity index (χ1v) is 7.93. The molecule has 0 unspecified atom stereocenters. The third-order valence-corrected chi connectivity index (χ3v) is 3.34. The van der Waals surface area contributed by atoms with Gasteiger partial charge in [-0.1, -0.05) is 18.2 Å².